The third-order valence-corrected chi connectivity index (χ3v) is 2.61. The van der Waals surface area contributed by atoms with Crippen molar-refractivity contribution in [3.8, 4) is 0 Å². The van der Waals surface area contributed by atoms with Gasteiger partial charge in [-0.05, 0) is 25.0 Å². The number of hydrogen-bond acceptors (Lipinski definition) is 4. The van der Waals surface area contributed by atoms with Gasteiger partial charge in [-0.25, -0.2) is 4.79 Å². The van der Waals surface area contributed by atoms with Crippen LogP contribution in [0.3, 0.4) is 0 Å². The Morgan fingerprint density at radius 2 is 2.00 bits per heavy atom. The number of amides is 1. The SMILES string of the molecule is COC(=O)[C@H](C)NC(=O)CCc1ccccc1N.Cl. The Kier molecular flexibility index (Phi) is 7.60. The van der Waals surface area contributed by atoms with Crippen LogP contribution in [-0.2, 0) is 20.7 Å². The number of benzene rings is 1. The Bertz CT molecular complexity index is 438. The van der Waals surface area contributed by atoms with Gasteiger partial charge in [0.25, 0.3) is 0 Å². The van der Waals surface area contributed by atoms with Crippen LogP contribution in [0.5, 0.6) is 0 Å². The number of nitrogen functional groups attached to an aromatic ring is 1. The van der Waals surface area contributed by atoms with Gasteiger partial charge in [-0.1, -0.05) is 18.2 Å². The van der Waals surface area contributed by atoms with E-state index in [9.17, 15) is 9.59 Å². The van der Waals surface area contributed by atoms with Crippen molar-refractivity contribution in [1.29, 1.82) is 0 Å². The van der Waals surface area contributed by atoms with Gasteiger partial charge in [0, 0.05) is 12.1 Å². The highest BCUT2D eigenvalue weighted by atomic mass is 35.5. The van der Waals surface area contributed by atoms with E-state index >= 15 is 0 Å². The maximum atomic E-state index is 11.6. The van der Waals surface area contributed by atoms with E-state index in [1.165, 1.54) is 7.11 Å². The normalized spacial score (nSPS) is 11.1. The first kappa shape index (κ1) is 17.2. The summed E-state index contributed by atoms with van der Waals surface area (Å²) in [6, 6.07) is 6.77. The second-order valence-corrected chi connectivity index (χ2v) is 4.01. The first-order chi connectivity index (χ1) is 8.54. The summed E-state index contributed by atoms with van der Waals surface area (Å²) in [4.78, 5) is 22.7. The molecule has 19 heavy (non-hydrogen) atoms. The first-order valence-corrected chi connectivity index (χ1v) is 5.75. The zero-order valence-electron chi connectivity index (χ0n) is 11.0. The smallest absolute Gasteiger partial charge is 0.328 e. The number of halogens is 1. The molecule has 0 spiro atoms. The van der Waals surface area contributed by atoms with E-state index in [0.29, 0.717) is 12.1 Å². The van der Waals surface area contributed by atoms with Gasteiger partial charge in [-0.3, -0.25) is 4.79 Å². The number of nitrogens with one attached hydrogen (secondary N) is 1. The van der Waals surface area contributed by atoms with E-state index < -0.39 is 12.0 Å². The number of rotatable bonds is 5. The summed E-state index contributed by atoms with van der Waals surface area (Å²) in [5, 5.41) is 2.57. The molecule has 0 radical (unpaired) electrons. The monoisotopic (exact) mass is 286 g/mol. The topological polar surface area (TPSA) is 81.4 Å². The molecule has 0 fully saturated rings. The Labute approximate surface area is 118 Å². The van der Waals surface area contributed by atoms with Crippen molar-refractivity contribution >= 4 is 30.0 Å². The van der Waals surface area contributed by atoms with Crippen molar-refractivity contribution in [1.82, 2.24) is 5.32 Å². The molecule has 0 aliphatic carbocycles. The van der Waals surface area contributed by atoms with E-state index in [0.717, 1.165) is 5.56 Å². The van der Waals surface area contributed by atoms with Crippen molar-refractivity contribution in [3.63, 3.8) is 0 Å². The molecule has 1 aromatic carbocycles. The summed E-state index contributed by atoms with van der Waals surface area (Å²) in [7, 11) is 1.29. The summed E-state index contributed by atoms with van der Waals surface area (Å²) in [6.45, 7) is 1.58. The number of anilines is 1. The summed E-state index contributed by atoms with van der Waals surface area (Å²) in [5.41, 5.74) is 7.37. The zero-order valence-corrected chi connectivity index (χ0v) is 11.8. The highest BCUT2D eigenvalue weighted by Gasteiger charge is 2.15. The second-order valence-electron chi connectivity index (χ2n) is 4.01. The van der Waals surface area contributed by atoms with Gasteiger partial charge in [0.05, 0.1) is 7.11 Å². The summed E-state index contributed by atoms with van der Waals surface area (Å²) in [6.07, 6.45) is 0.835. The van der Waals surface area contributed by atoms with E-state index in [1.54, 1.807) is 13.0 Å². The van der Waals surface area contributed by atoms with Crippen molar-refractivity contribution in [2.24, 2.45) is 0 Å². The molecule has 5 nitrogen and oxygen atoms in total. The molecule has 3 N–H and O–H groups in total. The van der Waals surface area contributed by atoms with Crippen LogP contribution in [0.1, 0.15) is 18.9 Å². The van der Waals surface area contributed by atoms with Crippen LogP contribution in [-0.4, -0.2) is 25.0 Å². The van der Waals surface area contributed by atoms with E-state index in [-0.39, 0.29) is 24.7 Å². The molecule has 106 valence electrons. The van der Waals surface area contributed by atoms with E-state index in [4.69, 9.17) is 5.73 Å². The highest BCUT2D eigenvalue weighted by molar-refractivity contribution is 5.85. The van der Waals surface area contributed by atoms with E-state index in [1.807, 2.05) is 18.2 Å². The maximum absolute atomic E-state index is 11.6. The molecule has 1 amide bonds. The molecule has 0 bridgehead atoms. The van der Waals surface area contributed by atoms with Gasteiger partial charge in [0.1, 0.15) is 6.04 Å². The zero-order chi connectivity index (χ0) is 13.5. The lowest BCUT2D eigenvalue weighted by Gasteiger charge is -2.11. The third kappa shape index (κ3) is 5.61. The van der Waals surface area contributed by atoms with Crippen LogP contribution in [0.2, 0.25) is 0 Å². The molecule has 1 rings (SSSR count). The number of aryl methyl sites for hydroxylation is 1. The van der Waals surface area contributed by atoms with Crippen molar-refractivity contribution in [2.75, 3.05) is 12.8 Å². The van der Waals surface area contributed by atoms with Gasteiger partial charge in [-0.15, -0.1) is 12.4 Å². The van der Waals surface area contributed by atoms with Crippen LogP contribution in [0.4, 0.5) is 5.69 Å². The molecule has 0 heterocycles. The number of carbonyl (C=O) groups excluding carboxylic acids is 2. The number of nitrogens with two attached hydrogens (primary N) is 1. The fraction of sp³-hybridized carbons (Fsp3) is 0.385. The predicted octanol–water partition coefficient (Wildman–Crippen LogP) is 1.30. The number of esters is 1. The summed E-state index contributed by atoms with van der Waals surface area (Å²) >= 11 is 0. The van der Waals surface area contributed by atoms with Crippen LogP contribution < -0.4 is 11.1 Å². The van der Waals surface area contributed by atoms with Gasteiger partial charge in [0.2, 0.25) is 5.91 Å². The van der Waals surface area contributed by atoms with Crippen LogP contribution >= 0.6 is 12.4 Å². The molecule has 1 aromatic rings. The molecule has 0 saturated carbocycles. The van der Waals surface area contributed by atoms with E-state index in [2.05, 4.69) is 10.1 Å². The minimum atomic E-state index is -0.629. The van der Waals surface area contributed by atoms with Crippen LogP contribution in [0.15, 0.2) is 24.3 Å². The molecule has 0 unspecified atom stereocenters. The number of carbonyl (C=O) groups is 2. The first-order valence-electron chi connectivity index (χ1n) is 5.75. The fourth-order valence-corrected chi connectivity index (χ4v) is 1.56. The van der Waals surface area contributed by atoms with Crippen molar-refractivity contribution < 1.29 is 14.3 Å². The van der Waals surface area contributed by atoms with Gasteiger partial charge < -0.3 is 15.8 Å². The van der Waals surface area contributed by atoms with Gasteiger partial charge in [-0.2, -0.15) is 0 Å². The lowest BCUT2D eigenvalue weighted by atomic mass is 10.1. The number of ether oxygens (including phenoxy) is 1. The molecular formula is C13H19ClN2O3. The predicted molar refractivity (Wildman–Crippen MR) is 76.0 cm³/mol. The second kappa shape index (κ2) is 8.37. The highest BCUT2D eigenvalue weighted by Crippen LogP contribution is 2.12. The fourth-order valence-electron chi connectivity index (χ4n) is 1.56. The Balaban J connectivity index is 0.00000324. The Hall–Kier alpha value is -1.75. The molecule has 0 aliphatic rings. The molecule has 0 saturated heterocycles. The average Bonchev–Trinajstić information content (AvgIpc) is 2.36. The largest absolute Gasteiger partial charge is 0.467 e. The lowest BCUT2D eigenvalue weighted by Crippen LogP contribution is -2.39. The van der Waals surface area contributed by atoms with Crippen molar-refractivity contribution in [3.05, 3.63) is 29.8 Å². The van der Waals surface area contributed by atoms with Crippen LogP contribution in [0.25, 0.3) is 0 Å². The quantitative estimate of drug-likeness (QED) is 0.631. The third-order valence-electron chi connectivity index (χ3n) is 2.61. The Morgan fingerprint density at radius 3 is 2.58 bits per heavy atom. The minimum Gasteiger partial charge on any atom is -0.467 e. The average molecular weight is 287 g/mol. The summed E-state index contributed by atoms with van der Waals surface area (Å²) < 4.78 is 4.52. The number of hydrogen-bond donors (Lipinski definition) is 2. The molecule has 0 aliphatic heterocycles. The maximum Gasteiger partial charge on any atom is 0.328 e. The number of para-hydroxylation sites is 1. The molecule has 1 atom stereocenters. The molecular weight excluding hydrogens is 268 g/mol. The molecule has 6 heteroatoms. The standard InChI is InChI=1S/C13H18N2O3.ClH/c1-9(13(17)18-2)15-12(16)8-7-10-5-3-4-6-11(10)14;/h3-6,9H,7-8,14H2,1-2H3,(H,15,16);1H/t9-;/m0./s1. The summed E-state index contributed by atoms with van der Waals surface area (Å²) in [5.74, 6) is -0.654. The van der Waals surface area contributed by atoms with Gasteiger partial charge >= 0.3 is 5.97 Å². The van der Waals surface area contributed by atoms with Crippen LogP contribution in [0, 0.1) is 0 Å². The van der Waals surface area contributed by atoms with Gasteiger partial charge in [0.15, 0.2) is 0 Å². The molecule has 0 aromatic heterocycles. The minimum absolute atomic E-state index is 0. The Morgan fingerprint density at radius 1 is 1.37 bits per heavy atom. The lowest BCUT2D eigenvalue weighted by molar-refractivity contribution is -0.144. The number of methoxy groups -OCH3 is 1. The van der Waals surface area contributed by atoms with Crippen molar-refractivity contribution in [2.45, 2.75) is 25.8 Å².